The molecule has 0 spiro atoms. The number of carbonyl (C=O) groups excluding carboxylic acids is 2. The van der Waals surface area contributed by atoms with Crippen molar-refractivity contribution in [2.75, 3.05) is 13.1 Å². The number of benzene rings is 2. The van der Waals surface area contributed by atoms with E-state index < -0.39 is 0 Å². The molecule has 0 aliphatic heterocycles. The van der Waals surface area contributed by atoms with Crippen molar-refractivity contribution in [2.24, 2.45) is 5.41 Å². The number of nitrogens with one attached hydrogen (secondary N) is 2. The summed E-state index contributed by atoms with van der Waals surface area (Å²) in [6.45, 7) is 4.62. The van der Waals surface area contributed by atoms with Gasteiger partial charge in [0.1, 0.15) is 0 Å². The van der Waals surface area contributed by atoms with E-state index in [4.69, 9.17) is 46.4 Å². The Hall–Kier alpha value is -1.98. The lowest BCUT2D eigenvalue weighted by Crippen LogP contribution is -2.41. The van der Waals surface area contributed by atoms with Crippen molar-refractivity contribution in [3.8, 4) is 0 Å². The SMILES string of the molecule is CC(C)(CNC(=O)/C=C/c1ccc(Cl)cc1Cl)CNC(=O)/C=C/c1ccc(Cl)cc1Cl. The molecule has 2 aromatic rings. The Bertz CT molecular complexity index is 937. The van der Waals surface area contributed by atoms with Crippen LogP contribution < -0.4 is 10.6 Å². The number of hydrogen-bond acceptors (Lipinski definition) is 2. The Kier molecular flexibility index (Phi) is 9.45. The second kappa shape index (κ2) is 11.6. The summed E-state index contributed by atoms with van der Waals surface area (Å²) in [5, 5.41) is 7.64. The van der Waals surface area contributed by atoms with Gasteiger partial charge in [0, 0.05) is 45.3 Å². The normalized spacial score (nSPS) is 11.8. The first-order valence-electron chi connectivity index (χ1n) is 9.38. The Morgan fingerprint density at radius 1 is 0.774 bits per heavy atom. The quantitative estimate of drug-likeness (QED) is 0.419. The summed E-state index contributed by atoms with van der Waals surface area (Å²) >= 11 is 23.9. The first-order valence-corrected chi connectivity index (χ1v) is 10.9. The maximum atomic E-state index is 12.1. The fourth-order valence-corrected chi connectivity index (χ4v) is 3.38. The van der Waals surface area contributed by atoms with Gasteiger partial charge >= 0.3 is 0 Å². The first-order chi connectivity index (χ1) is 14.6. The van der Waals surface area contributed by atoms with Gasteiger partial charge in [-0.1, -0.05) is 72.4 Å². The van der Waals surface area contributed by atoms with E-state index in [0.29, 0.717) is 44.3 Å². The van der Waals surface area contributed by atoms with Crippen molar-refractivity contribution in [1.82, 2.24) is 10.6 Å². The van der Waals surface area contributed by atoms with Crippen LogP contribution in [0.15, 0.2) is 48.6 Å². The molecular weight excluding hydrogens is 478 g/mol. The molecule has 31 heavy (non-hydrogen) atoms. The fraction of sp³-hybridized carbons (Fsp3) is 0.217. The van der Waals surface area contributed by atoms with Crippen molar-refractivity contribution in [2.45, 2.75) is 13.8 Å². The smallest absolute Gasteiger partial charge is 0.244 e. The molecule has 0 saturated carbocycles. The highest BCUT2D eigenvalue weighted by molar-refractivity contribution is 6.36. The van der Waals surface area contributed by atoms with E-state index in [1.807, 2.05) is 13.8 Å². The summed E-state index contributed by atoms with van der Waals surface area (Å²) in [6.07, 6.45) is 6.05. The van der Waals surface area contributed by atoms with Gasteiger partial charge in [-0.2, -0.15) is 0 Å². The van der Waals surface area contributed by atoms with Gasteiger partial charge in [-0.15, -0.1) is 0 Å². The molecule has 0 bridgehead atoms. The first kappa shape index (κ1) is 25.3. The second-order valence-corrected chi connectivity index (χ2v) is 9.29. The minimum absolute atomic E-state index is 0.261. The molecular formula is C23H22Cl4N2O2. The molecule has 2 N–H and O–H groups in total. The van der Waals surface area contributed by atoms with Gasteiger partial charge in [-0.05, 0) is 53.0 Å². The molecule has 0 unspecified atom stereocenters. The summed E-state index contributed by atoms with van der Waals surface area (Å²) in [5.41, 5.74) is 1.03. The summed E-state index contributed by atoms with van der Waals surface area (Å²) in [6, 6.07) is 10.1. The third-order valence-electron chi connectivity index (χ3n) is 4.24. The average molecular weight is 500 g/mol. The average Bonchev–Trinajstić information content (AvgIpc) is 2.69. The summed E-state index contributed by atoms with van der Waals surface area (Å²) in [4.78, 5) is 24.2. The van der Waals surface area contributed by atoms with E-state index in [0.717, 1.165) is 0 Å². The molecule has 8 heteroatoms. The third-order valence-corrected chi connectivity index (χ3v) is 5.36. The minimum Gasteiger partial charge on any atom is -0.352 e. The van der Waals surface area contributed by atoms with Crippen molar-refractivity contribution < 1.29 is 9.59 Å². The number of amides is 2. The third kappa shape index (κ3) is 8.96. The van der Waals surface area contributed by atoms with Gasteiger partial charge in [0.25, 0.3) is 0 Å². The van der Waals surface area contributed by atoms with E-state index in [-0.39, 0.29) is 17.2 Å². The molecule has 0 atom stereocenters. The van der Waals surface area contributed by atoms with Crippen LogP contribution in [-0.2, 0) is 9.59 Å². The van der Waals surface area contributed by atoms with Crippen molar-refractivity contribution in [1.29, 1.82) is 0 Å². The standard InChI is InChI=1S/C23H22Cl4N2O2/c1-23(2,13-28-21(30)9-5-15-3-7-17(24)11-19(15)26)14-29-22(31)10-6-16-4-8-18(25)12-20(16)27/h3-12H,13-14H2,1-2H3,(H,28,30)(H,29,31)/b9-5+,10-6+. The van der Waals surface area contributed by atoms with Crippen LogP contribution >= 0.6 is 46.4 Å². The zero-order valence-corrected chi connectivity index (χ0v) is 20.0. The number of carbonyl (C=O) groups is 2. The maximum absolute atomic E-state index is 12.1. The second-order valence-electron chi connectivity index (χ2n) is 7.60. The molecule has 0 fully saturated rings. The molecule has 2 amide bonds. The lowest BCUT2D eigenvalue weighted by molar-refractivity contribution is -0.116. The monoisotopic (exact) mass is 498 g/mol. The van der Waals surface area contributed by atoms with E-state index >= 15 is 0 Å². The summed E-state index contributed by atoms with van der Waals surface area (Å²) in [7, 11) is 0. The van der Waals surface area contributed by atoms with Crippen LogP contribution in [0.1, 0.15) is 25.0 Å². The highest BCUT2D eigenvalue weighted by Gasteiger charge is 2.19. The lowest BCUT2D eigenvalue weighted by Gasteiger charge is -2.24. The molecule has 0 aromatic heterocycles. The van der Waals surface area contributed by atoms with Crippen molar-refractivity contribution in [3.05, 3.63) is 79.8 Å². The Morgan fingerprint density at radius 2 is 1.16 bits per heavy atom. The predicted molar refractivity (Wildman–Crippen MR) is 131 cm³/mol. The van der Waals surface area contributed by atoms with Crippen LogP contribution in [0.25, 0.3) is 12.2 Å². The van der Waals surface area contributed by atoms with Crippen LogP contribution in [0.2, 0.25) is 20.1 Å². The molecule has 0 radical (unpaired) electrons. The van der Waals surface area contributed by atoms with Crippen LogP contribution in [-0.4, -0.2) is 24.9 Å². The molecule has 4 nitrogen and oxygen atoms in total. The molecule has 2 aromatic carbocycles. The minimum atomic E-state index is -0.358. The van der Waals surface area contributed by atoms with Crippen molar-refractivity contribution >= 4 is 70.4 Å². The largest absolute Gasteiger partial charge is 0.352 e. The van der Waals surface area contributed by atoms with E-state index in [9.17, 15) is 9.59 Å². The number of rotatable bonds is 8. The summed E-state index contributed by atoms with van der Waals surface area (Å²) in [5.74, 6) is -0.523. The zero-order chi connectivity index (χ0) is 23.0. The Balaban J connectivity index is 1.81. The fourth-order valence-electron chi connectivity index (χ4n) is 2.44. The van der Waals surface area contributed by atoms with E-state index in [1.54, 1.807) is 48.6 Å². The van der Waals surface area contributed by atoms with Gasteiger partial charge in [-0.25, -0.2) is 0 Å². The van der Waals surface area contributed by atoms with E-state index in [1.165, 1.54) is 12.2 Å². The highest BCUT2D eigenvalue weighted by atomic mass is 35.5. The maximum Gasteiger partial charge on any atom is 0.244 e. The Morgan fingerprint density at radius 3 is 1.52 bits per heavy atom. The van der Waals surface area contributed by atoms with Crippen LogP contribution in [0.3, 0.4) is 0 Å². The van der Waals surface area contributed by atoms with Crippen LogP contribution in [0.4, 0.5) is 0 Å². The molecule has 164 valence electrons. The highest BCUT2D eigenvalue weighted by Crippen LogP contribution is 2.23. The van der Waals surface area contributed by atoms with Gasteiger partial charge < -0.3 is 10.6 Å². The zero-order valence-electron chi connectivity index (χ0n) is 17.0. The molecule has 0 aliphatic carbocycles. The molecule has 0 aliphatic rings. The van der Waals surface area contributed by atoms with E-state index in [2.05, 4.69) is 10.6 Å². The summed E-state index contributed by atoms with van der Waals surface area (Å²) < 4.78 is 0. The van der Waals surface area contributed by atoms with Gasteiger partial charge in [0.05, 0.1) is 0 Å². The number of halogens is 4. The van der Waals surface area contributed by atoms with Crippen molar-refractivity contribution in [3.63, 3.8) is 0 Å². The predicted octanol–water partition coefficient (Wildman–Crippen LogP) is 6.29. The van der Waals surface area contributed by atoms with Crippen LogP contribution in [0, 0.1) is 5.41 Å². The van der Waals surface area contributed by atoms with Gasteiger partial charge in [-0.3, -0.25) is 9.59 Å². The Labute approximate surface area is 202 Å². The molecule has 2 rings (SSSR count). The molecule has 0 saturated heterocycles. The molecule has 0 heterocycles. The van der Waals surface area contributed by atoms with Gasteiger partial charge in [0.2, 0.25) is 11.8 Å². The topological polar surface area (TPSA) is 58.2 Å². The van der Waals surface area contributed by atoms with Crippen LogP contribution in [0.5, 0.6) is 0 Å². The van der Waals surface area contributed by atoms with Gasteiger partial charge in [0.15, 0.2) is 0 Å². The lowest BCUT2D eigenvalue weighted by atomic mass is 9.93. The number of hydrogen-bond donors (Lipinski definition) is 2.